The average molecular weight is 197 g/mol. The molecule has 75 valence electrons. The average Bonchev–Trinajstić information content (AvgIpc) is 2.46. The fraction of sp³-hybridized carbons (Fsp3) is 0.500. The van der Waals surface area contributed by atoms with E-state index >= 15 is 0 Å². The minimum absolute atomic E-state index is 0.0742. The number of aryl methyl sites for hydroxylation is 1. The first-order valence-electron chi connectivity index (χ1n) is 4.60. The van der Waals surface area contributed by atoms with Crippen molar-refractivity contribution in [3.05, 3.63) is 24.0 Å². The van der Waals surface area contributed by atoms with Crippen molar-refractivity contribution in [3.8, 4) is 0 Å². The molecule has 1 fully saturated rings. The summed E-state index contributed by atoms with van der Waals surface area (Å²) >= 11 is 0. The van der Waals surface area contributed by atoms with Gasteiger partial charge in [-0.15, -0.1) is 0 Å². The van der Waals surface area contributed by atoms with Crippen molar-refractivity contribution < 1.29 is 8.78 Å². The van der Waals surface area contributed by atoms with Crippen LogP contribution in [0, 0.1) is 13.1 Å². The summed E-state index contributed by atoms with van der Waals surface area (Å²) in [7, 11) is 0. The molecule has 0 spiro atoms. The Morgan fingerprint density at radius 1 is 1.57 bits per heavy atom. The van der Waals surface area contributed by atoms with Gasteiger partial charge in [0, 0.05) is 19.2 Å². The topological polar surface area (TPSA) is 16.1 Å². The molecule has 2 heterocycles. The fourth-order valence-electron chi connectivity index (χ4n) is 1.71. The summed E-state index contributed by atoms with van der Waals surface area (Å²) in [5.41, 5.74) is 1.22. The van der Waals surface area contributed by atoms with Gasteiger partial charge in [0.1, 0.15) is 6.20 Å². The number of halogens is 2. The third kappa shape index (κ3) is 1.45. The van der Waals surface area contributed by atoms with E-state index < -0.39 is 6.05 Å². The third-order valence-corrected chi connectivity index (χ3v) is 2.47. The Labute approximate surface area is 81.6 Å². The maximum Gasteiger partial charge on any atom is 0.325 e. The van der Waals surface area contributed by atoms with E-state index in [0.717, 1.165) is 10.5 Å². The summed E-state index contributed by atoms with van der Waals surface area (Å²) in [6, 6.07) is -1.01. The monoisotopic (exact) mass is 197 g/mol. The van der Waals surface area contributed by atoms with E-state index in [1.165, 1.54) is 0 Å². The van der Waals surface area contributed by atoms with Crippen LogP contribution >= 0.6 is 0 Å². The number of hydrogen-bond donors (Lipinski definition) is 0. The van der Waals surface area contributed by atoms with Gasteiger partial charge in [0.2, 0.25) is 0 Å². The normalized spacial score (nSPS) is 20.1. The molecular formula is C10H11F2N2. The molecule has 0 saturated carbocycles. The van der Waals surface area contributed by atoms with Crippen LogP contribution in [-0.2, 0) is 0 Å². The zero-order valence-electron chi connectivity index (χ0n) is 7.93. The molecule has 0 N–H and O–H groups in total. The van der Waals surface area contributed by atoms with E-state index in [1.54, 1.807) is 19.2 Å². The number of anilines is 1. The Morgan fingerprint density at radius 3 is 2.93 bits per heavy atom. The van der Waals surface area contributed by atoms with Gasteiger partial charge >= 0.3 is 6.05 Å². The molecule has 0 amide bonds. The quantitative estimate of drug-likeness (QED) is 0.642. The Kier molecular flexibility index (Phi) is 2.13. The molecule has 14 heavy (non-hydrogen) atoms. The molecule has 0 atom stereocenters. The summed E-state index contributed by atoms with van der Waals surface area (Å²) in [5.74, 6) is 0. The predicted octanol–water partition coefficient (Wildman–Crippen LogP) is 2.38. The Morgan fingerprint density at radius 2 is 2.36 bits per heavy atom. The van der Waals surface area contributed by atoms with Crippen molar-refractivity contribution in [1.82, 2.24) is 4.98 Å². The van der Waals surface area contributed by atoms with E-state index in [1.807, 2.05) is 0 Å². The molecule has 0 bridgehead atoms. The Bertz CT molecular complexity index is 339. The Hall–Kier alpha value is -1.19. The highest BCUT2D eigenvalue weighted by molar-refractivity contribution is 5.52. The number of pyridine rings is 1. The zero-order chi connectivity index (χ0) is 10.2. The standard InChI is InChI=1S/C10H11F2N2/c1-8-3-5-13-7-9(8)14-6-2-4-10(14,11)12/h3,5H,2,4,6H2,1H3. The SMILES string of the molecule is Cc1ccn[c]c1N1CCCC1(F)F. The first kappa shape index (κ1) is 9.37. The van der Waals surface area contributed by atoms with Crippen molar-refractivity contribution in [3.63, 3.8) is 0 Å². The lowest BCUT2D eigenvalue weighted by Gasteiger charge is -2.26. The van der Waals surface area contributed by atoms with E-state index in [-0.39, 0.29) is 6.42 Å². The second kappa shape index (κ2) is 3.19. The van der Waals surface area contributed by atoms with Crippen LogP contribution in [0.15, 0.2) is 12.3 Å². The molecule has 0 aromatic carbocycles. The number of hydrogen-bond acceptors (Lipinski definition) is 2. The lowest BCUT2D eigenvalue weighted by Crippen LogP contribution is -2.36. The number of aromatic nitrogens is 1. The van der Waals surface area contributed by atoms with Gasteiger partial charge in [-0.1, -0.05) is 0 Å². The largest absolute Gasteiger partial charge is 0.325 e. The van der Waals surface area contributed by atoms with Crippen LogP contribution in [0.5, 0.6) is 0 Å². The molecule has 1 aliphatic rings. The molecule has 1 aromatic rings. The molecular weight excluding hydrogens is 186 g/mol. The third-order valence-electron chi connectivity index (χ3n) is 2.47. The van der Waals surface area contributed by atoms with Gasteiger partial charge in [0.15, 0.2) is 0 Å². The van der Waals surface area contributed by atoms with Gasteiger partial charge < -0.3 is 4.90 Å². The summed E-state index contributed by atoms with van der Waals surface area (Å²) in [4.78, 5) is 4.85. The summed E-state index contributed by atoms with van der Waals surface area (Å²) in [5, 5.41) is 0. The van der Waals surface area contributed by atoms with Crippen molar-refractivity contribution in [1.29, 1.82) is 0 Å². The number of rotatable bonds is 1. The second-order valence-corrected chi connectivity index (χ2v) is 3.51. The molecule has 1 saturated heterocycles. The van der Waals surface area contributed by atoms with Gasteiger partial charge in [-0.2, -0.15) is 8.78 Å². The van der Waals surface area contributed by atoms with Crippen molar-refractivity contribution >= 4 is 5.69 Å². The molecule has 0 unspecified atom stereocenters. The highest BCUT2D eigenvalue weighted by atomic mass is 19.3. The van der Waals surface area contributed by atoms with Gasteiger partial charge in [-0.05, 0) is 25.0 Å². The first-order valence-corrected chi connectivity index (χ1v) is 4.60. The minimum Gasteiger partial charge on any atom is -0.311 e. The summed E-state index contributed by atoms with van der Waals surface area (Å²) < 4.78 is 26.7. The van der Waals surface area contributed by atoms with Crippen LogP contribution < -0.4 is 4.90 Å². The molecule has 1 aromatic heterocycles. The lowest BCUT2D eigenvalue weighted by molar-refractivity contribution is 0.0128. The smallest absolute Gasteiger partial charge is 0.311 e. The summed E-state index contributed by atoms with van der Waals surface area (Å²) in [6.45, 7) is 2.18. The van der Waals surface area contributed by atoms with Crippen LogP contribution in [0.3, 0.4) is 0 Å². The van der Waals surface area contributed by atoms with Gasteiger partial charge in [0.25, 0.3) is 0 Å². The molecule has 4 heteroatoms. The van der Waals surface area contributed by atoms with Gasteiger partial charge in [-0.3, -0.25) is 4.98 Å². The fourth-order valence-corrected chi connectivity index (χ4v) is 1.71. The van der Waals surface area contributed by atoms with Gasteiger partial charge in [-0.25, -0.2) is 0 Å². The van der Waals surface area contributed by atoms with Crippen LogP contribution in [0.2, 0.25) is 0 Å². The van der Waals surface area contributed by atoms with E-state index in [4.69, 9.17) is 0 Å². The van der Waals surface area contributed by atoms with E-state index in [9.17, 15) is 8.78 Å². The molecule has 2 nitrogen and oxygen atoms in total. The molecule has 0 aliphatic carbocycles. The molecule has 2 rings (SSSR count). The molecule has 1 aliphatic heterocycles. The second-order valence-electron chi connectivity index (χ2n) is 3.51. The number of alkyl halides is 2. The lowest BCUT2D eigenvalue weighted by atomic mass is 10.2. The maximum absolute atomic E-state index is 13.4. The molecule has 1 radical (unpaired) electrons. The Balaban J connectivity index is 2.36. The van der Waals surface area contributed by atoms with Crippen molar-refractivity contribution in [2.75, 3.05) is 11.4 Å². The zero-order valence-corrected chi connectivity index (χ0v) is 7.93. The van der Waals surface area contributed by atoms with E-state index in [2.05, 4.69) is 11.2 Å². The van der Waals surface area contributed by atoms with Gasteiger partial charge in [0.05, 0.1) is 5.69 Å². The highest BCUT2D eigenvalue weighted by Crippen LogP contribution is 2.37. The van der Waals surface area contributed by atoms with Crippen LogP contribution in [0.4, 0.5) is 14.5 Å². The highest BCUT2D eigenvalue weighted by Gasteiger charge is 2.42. The van der Waals surface area contributed by atoms with E-state index in [0.29, 0.717) is 18.7 Å². The maximum atomic E-state index is 13.4. The van der Waals surface area contributed by atoms with Crippen LogP contribution in [0.1, 0.15) is 18.4 Å². The number of nitrogens with zero attached hydrogens (tertiary/aromatic N) is 2. The van der Waals surface area contributed by atoms with Crippen LogP contribution in [0.25, 0.3) is 0 Å². The van der Waals surface area contributed by atoms with Crippen molar-refractivity contribution in [2.45, 2.75) is 25.8 Å². The van der Waals surface area contributed by atoms with Crippen molar-refractivity contribution in [2.24, 2.45) is 0 Å². The minimum atomic E-state index is -2.73. The van der Waals surface area contributed by atoms with Crippen LogP contribution in [-0.4, -0.2) is 17.6 Å². The predicted molar refractivity (Wildman–Crippen MR) is 49.3 cm³/mol. The summed E-state index contributed by atoms with van der Waals surface area (Å²) in [6.07, 6.45) is 4.64. The first-order chi connectivity index (χ1) is 6.61.